The van der Waals surface area contributed by atoms with E-state index in [0.29, 0.717) is 34.7 Å². The maximum absolute atomic E-state index is 8.75. The van der Waals surface area contributed by atoms with Gasteiger partial charge in [0.15, 0.2) is 0 Å². The second kappa shape index (κ2) is 8.26. The molecule has 0 unspecified atom stereocenters. The van der Waals surface area contributed by atoms with E-state index in [9.17, 15) is 0 Å². The van der Waals surface area contributed by atoms with Crippen LogP contribution in [0, 0.1) is 18.3 Å². The van der Waals surface area contributed by atoms with Gasteiger partial charge >= 0.3 is 0 Å². The van der Waals surface area contributed by atoms with E-state index in [1.807, 2.05) is 31.2 Å². The zero-order chi connectivity index (χ0) is 19.4. The van der Waals surface area contributed by atoms with Gasteiger partial charge in [-0.1, -0.05) is 41.4 Å². The number of rotatable bonds is 5. The summed E-state index contributed by atoms with van der Waals surface area (Å²) in [5.41, 5.74) is 10.2. The molecule has 0 aliphatic carbocycles. The summed E-state index contributed by atoms with van der Waals surface area (Å²) in [6.45, 7) is 1.87. The van der Waals surface area contributed by atoms with Crippen LogP contribution in [0.5, 0.6) is 0 Å². The van der Waals surface area contributed by atoms with Crippen molar-refractivity contribution in [2.45, 2.75) is 19.8 Å². The molecule has 3 aromatic rings. The van der Waals surface area contributed by atoms with Crippen LogP contribution in [-0.2, 0) is 12.8 Å². The van der Waals surface area contributed by atoms with Gasteiger partial charge in [0.05, 0.1) is 18.2 Å². The highest BCUT2D eigenvalue weighted by atomic mass is 35.5. The molecule has 0 spiro atoms. The van der Waals surface area contributed by atoms with E-state index in [1.54, 1.807) is 18.2 Å². The third-order valence-electron chi connectivity index (χ3n) is 4.18. The number of nitriles is 1. The van der Waals surface area contributed by atoms with Gasteiger partial charge in [-0.05, 0) is 42.3 Å². The lowest BCUT2D eigenvalue weighted by atomic mass is 10.1. The molecule has 0 bridgehead atoms. The summed E-state index contributed by atoms with van der Waals surface area (Å²) < 4.78 is 0. The summed E-state index contributed by atoms with van der Waals surface area (Å²) in [4.78, 5) is 8.90. The molecule has 0 amide bonds. The van der Waals surface area contributed by atoms with Crippen molar-refractivity contribution >= 4 is 40.7 Å². The number of aromatic nitrogens is 2. The minimum absolute atomic E-state index is 0.372. The lowest BCUT2D eigenvalue weighted by Gasteiger charge is -2.13. The summed E-state index contributed by atoms with van der Waals surface area (Å²) in [6.07, 6.45) is 0.823. The smallest absolute Gasteiger partial charge is 0.229 e. The lowest BCUT2D eigenvalue weighted by molar-refractivity contribution is 1.01. The molecule has 1 aromatic heterocycles. The zero-order valence-electron chi connectivity index (χ0n) is 14.6. The zero-order valence-corrected chi connectivity index (χ0v) is 16.1. The van der Waals surface area contributed by atoms with Crippen LogP contribution in [0.15, 0.2) is 42.5 Å². The standard InChI is InChI=1S/C20H17Cl2N5/c1-12-18(11-15-16(21)3-2-4-17(15)22)26-20(27-19(12)24)25-14-7-5-13(6-8-14)9-10-23/h2-8H,9,11H2,1H3,(H3,24,25,26,27). The van der Waals surface area contributed by atoms with E-state index in [4.69, 9.17) is 34.2 Å². The minimum atomic E-state index is 0.372. The highest BCUT2D eigenvalue weighted by Crippen LogP contribution is 2.28. The average molecular weight is 398 g/mol. The van der Waals surface area contributed by atoms with Crippen molar-refractivity contribution in [3.63, 3.8) is 0 Å². The van der Waals surface area contributed by atoms with Gasteiger partial charge in [0.25, 0.3) is 0 Å². The first kappa shape index (κ1) is 19.0. The van der Waals surface area contributed by atoms with Crippen LogP contribution in [0.4, 0.5) is 17.5 Å². The number of nitrogens with zero attached hydrogens (tertiary/aromatic N) is 3. The third-order valence-corrected chi connectivity index (χ3v) is 4.89. The van der Waals surface area contributed by atoms with Gasteiger partial charge < -0.3 is 11.1 Å². The summed E-state index contributed by atoms with van der Waals surface area (Å²) in [7, 11) is 0. The number of nitrogens with two attached hydrogens (primary N) is 1. The molecular formula is C20H17Cl2N5. The van der Waals surface area contributed by atoms with Crippen LogP contribution < -0.4 is 11.1 Å². The molecule has 0 atom stereocenters. The molecule has 7 heteroatoms. The first-order chi connectivity index (χ1) is 13.0. The Kier molecular flexibility index (Phi) is 5.80. The van der Waals surface area contributed by atoms with Gasteiger partial charge in [0.1, 0.15) is 5.82 Å². The molecule has 2 aromatic carbocycles. The Morgan fingerprint density at radius 2 is 1.74 bits per heavy atom. The number of benzene rings is 2. The molecule has 136 valence electrons. The van der Waals surface area contributed by atoms with Gasteiger partial charge in [-0.2, -0.15) is 10.2 Å². The molecule has 27 heavy (non-hydrogen) atoms. The van der Waals surface area contributed by atoms with Crippen molar-refractivity contribution < 1.29 is 0 Å². The van der Waals surface area contributed by atoms with Crippen LogP contribution in [0.3, 0.4) is 0 Å². The summed E-state index contributed by atoms with van der Waals surface area (Å²) >= 11 is 12.6. The Morgan fingerprint density at radius 3 is 2.37 bits per heavy atom. The van der Waals surface area contributed by atoms with E-state index in [0.717, 1.165) is 28.1 Å². The van der Waals surface area contributed by atoms with Gasteiger partial charge in [-0.15, -0.1) is 0 Å². The fraction of sp³-hybridized carbons (Fsp3) is 0.150. The first-order valence-electron chi connectivity index (χ1n) is 8.26. The lowest BCUT2D eigenvalue weighted by Crippen LogP contribution is -2.08. The Labute approximate surface area is 167 Å². The summed E-state index contributed by atoms with van der Waals surface area (Å²) in [5.74, 6) is 0.788. The van der Waals surface area contributed by atoms with Crippen molar-refractivity contribution in [3.8, 4) is 6.07 Å². The maximum atomic E-state index is 8.75. The third kappa shape index (κ3) is 4.48. The van der Waals surface area contributed by atoms with Crippen LogP contribution >= 0.6 is 23.2 Å². The van der Waals surface area contributed by atoms with Gasteiger partial charge in [0, 0.05) is 27.7 Å². The monoisotopic (exact) mass is 397 g/mol. The molecule has 5 nitrogen and oxygen atoms in total. The molecule has 1 heterocycles. The number of halogens is 2. The van der Waals surface area contributed by atoms with Gasteiger partial charge in [0.2, 0.25) is 5.95 Å². The Bertz CT molecular complexity index is 990. The molecule has 0 saturated carbocycles. The van der Waals surface area contributed by atoms with Gasteiger partial charge in [-0.3, -0.25) is 0 Å². The van der Waals surface area contributed by atoms with Crippen LogP contribution in [0.25, 0.3) is 0 Å². The van der Waals surface area contributed by atoms with Crippen molar-refractivity contribution in [1.29, 1.82) is 5.26 Å². The number of hydrogen-bond acceptors (Lipinski definition) is 5. The second-order valence-electron chi connectivity index (χ2n) is 6.04. The molecule has 3 N–H and O–H groups in total. The maximum Gasteiger partial charge on any atom is 0.229 e. The highest BCUT2D eigenvalue weighted by Gasteiger charge is 2.13. The topological polar surface area (TPSA) is 87.6 Å². The number of nitrogen functional groups attached to an aromatic ring is 1. The van der Waals surface area contributed by atoms with Crippen molar-refractivity contribution in [3.05, 3.63) is 74.9 Å². The van der Waals surface area contributed by atoms with Crippen LogP contribution in [0.2, 0.25) is 10.0 Å². The first-order valence-corrected chi connectivity index (χ1v) is 9.02. The largest absolute Gasteiger partial charge is 0.383 e. The van der Waals surface area contributed by atoms with Crippen molar-refractivity contribution in [2.75, 3.05) is 11.1 Å². The SMILES string of the molecule is Cc1c(N)nc(Nc2ccc(CC#N)cc2)nc1Cc1c(Cl)cccc1Cl. The second-order valence-corrected chi connectivity index (χ2v) is 6.85. The van der Waals surface area contributed by atoms with Crippen molar-refractivity contribution in [1.82, 2.24) is 9.97 Å². The summed E-state index contributed by atoms with van der Waals surface area (Å²) in [5, 5.41) is 13.1. The van der Waals surface area contributed by atoms with E-state index >= 15 is 0 Å². The molecular weight excluding hydrogens is 381 g/mol. The predicted molar refractivity (Wildman–Crippen MR) is 109 cm³/mol. The predicted octanol–water partition coefficient (Wildman–Crippen LogP) is 5.07. The number of anilines is 3. The van der Waals surface area contributed by atoms with Crippen molar-refractivity contribution in [2.24, 2.45) is 0 Å². The minimum Gasteiger partial charge on any atom is -0.383 e. The van der Waals surface area contributed by atoms with E-state index < -0.39 is 0 Å². The Balaban J connectivity index is 1.89. The Morgan fingerprint density at radius 1 is 1.07 bits per heavy atom. The molecule has 0 aliphatic rings. The Hall–Kier alpha value is -2.81. The van der Waals surface area contributed by atoms with E-state index in [1.165, 1.54) is 0 Å². The molecule has 0 fully saturated rings. The highest BCUT2D eigenvalue weighted by molar-refractivity contribution is 6.36. The van der Waals surface area contributed by atoms with E-state index in [-0.39, 0.29) is 0 Å². The number of nitrogens with one attached hydrogen (secondary N) is 1. The number of hydrogen-bond donors (Lipinski definition) is 2. The van der Waals surface area contributed by atoms with Gasteiger partial charge in [-0.25, -0.2) is 4.98 Å². The normalized spacial score (nSPS) is 10.4. The fourth-order valence-electron chi connectivity index (χ4n) is 2.61. The molecule has 0 radical (unpaired) electrons. The van der Waals surface area contributed by atoms with E-state index in [2.05, 4.69) is 21.4 Å². The average Bonchev–Trinajstić information content (AvgIpc) is 2.64. The molecule has 0 saturated heterocycles. The quantitative estimate of drug-likeness (QED) is 0.626. The fourth-order valence-corrected chi connectivity index (χ4v) is 3.14. The van der Waals surface area contributed by atoms with Crippen LogP contribution in [-0.4, -0.2) is 9.97 Å². The molecule has 3 rings (SSSR count). The van der Waals surface area contributed by atoms with Crippen LogP contribution in [0.1, 0.15) is 22.4 Å². The summed E-state index contributed by atoms with van der Waals surface area (Å²) in [6, 6.07) is 15.0. The molecule has 0 aliphatic heterocycles.